The maximum atomic E-state index is 12.8. The number of hydrogen-bond acceptors (Lipinski definition) is 5. The third kappa shape index (κ3) is 4.09. The first kappa shape index (κ1) is 22.3. The number of nitrogens with zero attached hydrogens (tertiary/aromatic N) is 4. The first-order valence-electron chi connectivity index (χ1n) is 10.5. The van der Waals surface area contributed by atoms with Crippen molar-refractivity contribution >= 4 is 50.0 Å². The quantitative estimate of drug-likeness (QED) is 0.459. The Hall–Kier alpha value is -3.53. The Bertz CT molecular complexity index is 1510. The fraction of sp³-hybridized carbons (Fsp3) is 0.125. The molecule has 0 radical (unpaired) electrons. The highest BCUT2D eigenvalue weighted by molar-refractivity contribution is 7.90. The molecule has 1 N–H and O–H groups in total. The summed E-state index contributed by atoms with van der Waals surface area (Å²) in [6.45, 7) is 0.795. The number of carbonyl (C=O) groups is 1. The number of carbonyl (C=O) groups excluding carboxylic acids is 1. The van der Waals surface area contributed by atoms with Gasteiger partial charge in [0.25, 0.3) is 5.91 Å². The second-order valence-corrected chi connectivity index (χ2v) is 10.2. The van der Waals surface area contributed by atoms with Crippen molar-refractivity contribution in [2.75, 3.05) is 29.8 Å². The van der Waals surface area contributed by atoms with E-state index in [2.05, 4.69) is 15.3 Å². The summed E-state index contributed by atoms with van der Waals surface area (Å²) in [4.78, 5) is 21.6. The molecule has 1 amide bonds. The lowest BCUT2D eigenvalue weighted by Gasteiger charge is -2.18. The van der Waals surface area contributed by atoms with Gasteiger partial charge in [0.2, 0.25) is 0 Å². The van der Waals surface area contributed by atoms with E-state index < -0.39 is 10.2 Å². The van der Waals surface area contributed by atoms with Crippen LogP contribution in [0.3, 0.4) is 0 Å². The standard InChI is InChI=1S/C24H20ClN5O3S/c1-29-12-13-30(34(29,32)33)19-6-2-16(3-7-19)24(31)27-18-5-8-21(25)20(14-18)23-9-4-17-15-26-11-10-22(17)28-23/h2-11,14-15H,12-13H2,1H3,(H,27,31). The Balaban J connectivity index is 1.37. The maximum Gasteiger partial charge on any atom is 0.303 e. The van der Waals surface area contributed by atoms with E-state index >= 15 is 0 Å². The molecule has 10 heteroatoms. The van der Waals surface area contributed by atoms with Crippen molar-refractivity contribution in [2.24, 2.45) is 0 Å². The van der Waals surface area contributed by atoms with Crippen LogP contribution in [0.1, 0.15) is 10.4 Å². The number of halogens is 1. The highest BCUT2D eigenvalue weighted by Gasteiger charge is 2.33. The zero-order chi connectivity index (χ0) is 23.9. The van der Waals surface area contributed by atoms with Crippen LogP contribution in [0.15, 0.2) is 73.1 Å². The number of fused-ring (bicyclic) bond motifs is 1. The fourth-order valence-corrected chi connectivity index (χ4v) is 5.35. The van der Waals surface area contributed by atoms with Crippen molar-refractivity contribution in [3.05, 3.63) is 83.6 Å². The van der Waals surface area contributed by atoms with E-state index in [9.17, 15) is 13.2 Å². The summed E-state index contributed by atoms with van der Waals surface area (Å²) in [6.07, 6.45) is 3.42. The molecule has 5 rings (SSSR count). The first-order chi connectivity index (χ1) is 16.3. The number of nitrogens with one attached hydrogen (secondary N) is 1. The number of benzene rings is 2. The Morgan fingerprint density at radius 1 is 1.03 bits per heavy atom. The van der Waals surface area contributed by atoms with Gasteiger partial charge in [-0.15, -0.1) is 0 Å². The van der Waals surface area contributed by atoms with Gasteiger partial charge < -0.3 is 5.32 Å². The third-order valence-corrected chi connectivity index (χ3v) is 7.95. The number of amides is 1. The van der Waals surface area contributed by atoms with Crippen LogP contribution in [0.4, 0.5) is 11.4 Å². The lowest BCUT2D eigenvalue weighted by molar-refractivity contribution is 0.102. The van der Waals surface area contributed by atoms with Gasteiger partial charge in [-0.2, -0.15) is 12.7 Å². The lowest BCUT2D eigenvalue weighted by Crippen LogP contribution is -2.30. The monoisotopic (exact) mass is 493 g/mol. The second kappa shape index (κ2) is 8.68. The second-order valence-electron chi connectivity index (χ2n) is 7.86. The normalized spacial score (nSPS) is 15.5. The molecule has 0 atom stereocenters. The van der Waals surface area contributed by atoms with Crippen LogP contribution in [0.5, 0.6) is 0 Å². The Morgan fingerprint density at radius 3 is 2.56 bits per heavy atom. The van der Waals surface area contributed by atoms with Gasteiger partial charge in [-0.05, 0) is 60.7 Å². The van der Waals surface area contributed by atoms with Gasteiger partial charge in [-0.1, -0.05) is 11.6 Å². The Kier molecular flexibility index (Phi) is 5.68. The number of aromatic nitrogens is 2. The summed E-state index contributed by atoms with van der Waals surface area (Å²) in [6, 6.07) is 17.3. The number of anilines is 2. The Labute approximate surface area is 202 Å². The van der Waals surface area contributed by atoms with E-state index in [1.807, 2.05) is 18.2 Å². The summed E-state index contributed by atoms with van der Waals surface area (Å²) >= 11 is 6.43. The van der Waals surface area contributed by atoms with Crippen LogP contribution in [0.2, 0.25) is 5.02 Å². The summed E-state index contributed by atoms with van der Waals surface area (Å²) in [5.41, 5.74) is 3.66. The number of hydrogen-bond donors (Lipinski definition) is 1. The minimum Gasteiger partial charge on any atom is -0.322 e. The van der Waals surface area contributed by atoms with E-state index in [4.69, 9.17) is 11.6 Å². The van der Waals surface area contributed by atoms with Gasteiger partial charge in [0.05, 0.1) is 21.9 Å². The van der Waals surface area contributed by atoms with E-state index in [-0.39, 0.29) is 5.91 Å². The minimum atomic E-state index is -3.51. The van der Waals surface area contributed by atoms with E-state index in [1.165, 1.54) is 8.61 Å². The predicted molar refractivity (Wildman–Crippen MR) is 133 cm³/mol. The molecule has 3 heterocycles. The third-order valence-electron chi connectivity index (χ3n) is 5.70. The molecule has 0 saturated carbocycles. The molecule has 4 aromatic rings. The minimum absolute atomic E-state index is 0.321. The highest BCUT2D eigenvalue weighted by atomic mass is 35.5. The molecular formula is C24H20ClN5O3S. The van der Waals surface area contributed by atoms with E-state index in [0.29, 0.717) is 46.3 Å². The molecular weight excluding hydrogens is 474 g/mol. The SMILES string of the molecule is CN1CCN(c2ccc(C(=O)Nc3ccc(Cl)c(-c4ccc5cnccc5n4)c3)cc2)S1(=O)=O. The largest absolute Gasteiger partial charge is 0.322 e. The number of rotatable bonds is 4. The zero-order valence-electron chi connectivity index (χ0n) is 18.1. The highest BCUT2D eigenvalue weighted by Crippen LogP contribution is 2.31. The van der Waals surface area contributed by atoms with Crippen molar-refractivity contribution in [3.8, 4) is 11.3 Å². The Morgan fingerprint density at radius 2 is 1.82 bits per heavy atom. The van der Waals surface area contributed by atoms with Crippen LogP contribution in [-0.4, -0.2) is 48.7 Å². The fourth-order valence-electron chi connectivity index (χ4n) is 3.79. The van der Waals surface area contributed by atoms with Crippen LogP contribution >= 0.6 is 11.6 Å². The van der Waals surface area contributed by atoms with Crippen LogP contribution < -0.4 is 9.62 Å². The zero-order valence-corrected chi connectivity index (χ0v) is 19.7. The molecule has 2 aromatic heterocycles. The van der Waals surface area contributed by atoms with Gasteiger partial charge in [-0.25, -0.2) is 4.98 Å². The maximum absolute atomic E-state index is 12.8. The van der Waals surface area contributed by atoms with Crippen molar-refractivity contribution in [1.82, 2.24) is 14.3 Å². The average Bonchev–Trinajstić information content (AvgIpc) is 3.12. The summed E-state index contributed by atoms with van der Waals surface area (Å²) < 4.78 is 27.3. The number of likely N-dealkylation sites (N-methyl/N-ethyl adjacent to an activating group) is 1. The lowest BCUT2D eigenvalue weighted by atomic mass is 10.1. The van der Waals surface area contributed by atoms with Crippen LogP contribution in [-0.2, 0) is 10.2 Å². The molecule has 34 heavy (non-hydrogen) atoms. The molecule has 0 aliphatic carbocycles. The van der Waals surface area contributed by atoms with Crippen LogP contribution in [0.25, 0.3) is 22.2 Å². The first-order valence-corrected chi connectivity index (χ1v) is 12.3. The summed E-state index contributed by atoms with van der Waals surface area (Å²) in [7, 11) is -1.96. The van der Waals surface area contributed by atoms with Gasteiger partial charge in [-0.3, -0.25) is 14.1 Å². The predicted octanol–water partition coefficient (Wildman–Crippen LogP) is 4.20. The molecule has 0 unspecified atom stereocenters. The molecule has 0 bridgehead atoms. The van der Waals surface area contributed by atoms with Gasteiger partial charge >= 0.3 is 10.2 Å². The molecule has 1 saturated heterocycles. The number of pyridine rings is 2. The van der Waals surface area contributed by atoms with Crippen molar-refractivity contribution < 1.29 is 13.2 Å². The molecule has 1 fully saturated rings. The molecule has 1 aliphatic heterocycles. The molecule has 172 valence electrons. The molecule has 1 aliphatic rings. The van der Waals surface area contributed by atoms with E-state index in [1.54, 1.807) is 61.9 Å². The van der Waals surface area contributed by atoms with Crippen molar-refractivity contribution in [3.63, 3.8) is 0 Å². The van der Waals surface area contributed by atoms with Gasteiger partial charge in [0.1, 0.15) is 0 Å². The van der Waals surface area contributed by atoms with Gasteiger partial charge in [0.15, 0.2) is 0 Å². The average molecular weight is 494 g/mol. The summed E-state index contributed by atoms with van der Waals surface area (Å²) in [5.74, 6) is -0.321. The molecule has 8 nitrogen and oxygen atoms in total. The van der Waals surface area contributed by atoms with E-state index in [0.717, 1.165) is 10.9 Å². The van der Waals surface area contributed by atoms with Crippen molar-refractivity contribution in [2.45, 2.75) is 0 Å². The molecule has 0 spiro atoms. The van der Waals surface area contributed by atoms with Gasteiger partial charge in [0, 0.05) is 54.7 Å². The molecule has 2 aromatic carbocycles. The topological polar surface area (TPSA) is 95.5 Å². The van der Waals surface area contributed by atoms with Crippen molar-refractivity contribution in [1.29, 1.82) is 0 Å². The smallest absolute Gasteiger partial charge is 0.303 e. The summed E-state index contributed by atoms with van der Waals surface area (Å²) in [5, 5.41) is 4.30. The van der Waals surface area contributed by atoms with Crippen LogP contribution in [0, 0.1) is 0 Å².